The van der Waals surface area contributed by atoms with Gasteiger partial charge < -0.3 is 10.2 Å². The van der Waals surface area contributed by atoms with E-state index in [-0.39, 0.29) is 42.5 Å². The first-order valence-electron chi connectivity index (χ1n) is 7.89. The van der Waals surface area contributed by atoms with Crippen molar-refractivity contribution < 1.29 is 23.2 Å². The minimum atomic E-state index is -5.13. The van der Waals surface area contributed by atoms with E-state index in [4.69, 9.17) is 46.4 Å². The maximum Gasteiger partial charge on any atom is 0.283 e. The van der Waals surface area contributed by atoms with Gasteiger partial charge in [0.2, 0.25) is 0 Å². The third-order valence-electron chi connectivity index (χ3n) is 4.34. The number of phenolic OH excluding ortho intramolecular Hbond substituents is 2. The summed E-state index contributed by atoms with van der Waals surface area (Å²) in [5, 5.41) is 20.4. The van der Waals surface area contributed by atoms with Crippen molar-refractivity contribution in [2.75, 3.05) is 0 Å². The van der Waals surface area contributed by atoms with E-state index in [9.17, 15) is 23.2 Å². The van der Waals surface area contributed by atoms with Gasteiger partial charge in [-0.2, -0.15) is 8.42 Å². The number of halogens is 4. The average molecular weight is 494 g/mol. The van der Waals surface area contributed by atoms with Crippen LogP contribution in [0.15, 0.2) is 54.6 Å². The minimum Gasteiger partial charge on any atom is -0.508 e. The molecular weight excluding hydrogens is 482 g/mol. The van der Waals surface area contributed by atoms with Gasteiger partial charge in [-0.25, -0.2) is 0 Å². The Morgan fingerprint density at radius 3 is 1.97 bits per heavy atom. The highest BCUT2D eigenvalue weighted by Gasteiger charge is 2.52. The summed E-state index contributed by atoms with van der Waals surface area (Å²) in [4.78, 5) is 0. The van der Waals surface area contributed by atoms with E-state index >= 15 is 0 Å². The highest BCUT2D eigenvalue weighted by molar-refractivity contribution is 7.87. The second kappa shape index (κ2) is 7.87. The molecule has 1 unspecified atom stereocenters. The Morgan fingerprint density at radius 1 is 0.759 bits per heavy atom. The Labute approximate surface area is 186 Å². The summed E-state index contributed by atoms with van der Waals surface area (Å²) in [7, 11) is -5.13. The fourth-order valence-corrected chi connectivity index (χ4v) is 5.60. The lowest BCUT2D eigenvalue weighted by atomic mass is 9.83. The lowest BCUT2D eigenvalue weighted by Crippen LogP contribution is -2.38. The number of hydrogen-bond acceptors (Lipinski definition) is 4. The SMILES string of the molecule is O=S(=O)(O)C(c1cc(O)cc(Cl)c1)(c1ccccc1Cl)c1cc(Cl)cc(Cl)c1O. The van der Waals surface area contributed by atoms with Crippen molar-refractivity contribution in [1.82, 2.24) is 0 Å². The van der Waals surface area contributed by atoms with Gasteiger partial charge in [-0.05, 0) is 42.0 Å². The van der Waals surface area contributed by atoms with Crippen LogP contribution < -0.4 is 0 Å². The molecule has 0 saturated heterocycles. The molecule has 29 heavy (non-hydrogen) atoms. The second-order valence-electron chi connectivity index (χ2n) is 6.12. The molecule has 3 N–H and O–H groups in total. The summed E-state index contributed by atoms with van der Waals surface area (Å²) in [6.45, 7) is 0. The summed E-state index contributed by atoms with van der Waals surface area (Å²) < 4.78 is 33.9. The van der Waals surface area contributed by atoms with E-state index in [0.717, 1.165) is 12.1 Å². The summed E-state index contributed by atoms with van der Waals surface area (Å²) >= 11 is 24.5. The van der Waals surface area contributed by atoms with Crippen molar-refractivity contribution in [2.45, 2.75) is 4.75 Å². The first-order chi connectivity index (χ1) is 13.5. The molecule has 0 saturated carbocycles. The molecule has 152 valence electrons. The van der Waals surface area contributed by atoms with Gasteiger partial charge in [0.1, 0.15) is 11.5 Å². The van der Waals surface area contributed by atoms with E-state index in [1.165, 1.54) is 36.4 Å². The molecule has 0 radical (unpaired) electrons. The van der Waals surface area contributed by atoms with Crippen LogP contribution in [-0.2, 0) is 14.9 Å². The van der Waals surface area contributed by atoms with Crippen LogP contribution in [0.5, 0.6) is 11.5 Å². The molecule has 0 heterocycles. The maximum absolute atomic E-state index is 13.0. The van der Waals surface area contributed by atoms with Crippen LogP contribution in [-0.4, -0.2) is 23.2 Å². The van der Waals surface area contributed by atoms with E-state index in [1.807, 2.05) is 0 Å². The predicted molar refractivity (Wildman–Crippen MR) is 114 cm³/mol. The number of rotatable bonds is 4. The molecule has 10 heteroatoms. The van der Waals surface area contributed by atoms with Gasteiger partial charge in [-0.15, -0.1) is 0 Å². The summed E-state index contributed by atoms with van der Waals surface area (Å²) in [5.74, 6) is -1.02. The van der Waals surface area contributed by atoms with Crippen molar-refractivity contribution in [3.8, 4) is 11.5 Å². The summed E-state index contributed by atoms with van der Waals surface area (Å²) in [6.07, 6.45) is 0. The third-order valence-corrected chi connectivity index (χ3v) is 6.84. The molecule has 3 rings (SSSR count). The van der Waals surface area contributed by atoms with Gasteiger partial charge in [0, 0.05) is 26.2 Å². The summed E-state index contributed by atoms with van der Waals surface area (Å²) in [6, 6.07) is 11.6. The van der Waals surface area contributed by atoms with Crippen LogP contribution in [0.25, 0.3) is 0 Å². The van der Waals surface area contributed by atoms with Crippen molar-refractivity contribution in [3.05, 3.63) is 91.4 Å². The standard InChI is InChI=1S/C19H12Cl4O5S/c20-11-5-10(6-13(24)7-11)19(29(26,27)28,14-3-1-2-4-16(14)22)15-8-12(21)9-17(23)18(15)25/h1-9,24-25H,(H,26,27,28). The van der Waals surface area contributed by atoms with Gasteiger partial charge in [0.05, 0.1) is 5.02 Å². The van der Waals surface area contributed by atoms with Crippen LogP contribution in [0.4, 0.5) is 0 Å². The first kappa shape index (κ1) is 22.0. The molecule has 1 atom stereocenters. The fourth-order valence-electron chi connectivity index (χ4n) is 3.24. The normalized spacial score (nSPS) is 13.8. The number of aromatic hydroxyl groups is 2. The quantitative estimate of drug-likeness (QED) is 0.311. The monoisotopic (exact) mass is 492 g/mol. The summed E-state index contributed by atoms with van der Waals surface area (Å²) in [5.41, 5.74) is -0.668. The third kappa shape index (κ3) is 3.77. The topological polar surface area (TPSA) is 94.8 Å². The van der Waals surface area contributed by atoms with Crippen LogP contribution in [0.1, 0.15) is 16.7 Å². The molecule has 5 nitrogen and oxygen atoms in total. The molecule has 3 aromatic rings. The van der Waals surface area contributed by atoms with Crippen molar-refractivity contribution in [2.24, 2.45) is 0 Å². The maximum atomic E-state index is 13.0. The fraction of sp³-hybridized carbons (Fsp3) is 0.0526. The molecule has 0 aliphatic heterocycles. The highest BCUT2D eigenvalue weighted by atomic mass is 35.5. The van der Waals surface area contributed by atoms with E-state index in [1.54, 1.807) is 6.07 Å². The molecule has 0 aliphatic carbocycles. The minimum absolute atomic E-state index is 0.00544. The van der Waals surface area contributed by atoms with Gasteiger partial charge in [-0.1, -0.05) is 64.6 Å². The van der Waals surface area contributed by atoms with E-state index in [2.05, 4.69) is 0 Å². The van der Waals surface area contributed by atoms with Crippen molar-refractivity contribution in [3.63, 3.8) is 0 Å². The van der Waals surface area contributed by atoms with Crippen LogP contribution in [0, 0.1) is 0 Å². The van der Waals surface area contributed by atoms with Crippen molar-refractivity contribution >= 4 is 56.5 Å². The van der Waals surface area contributed by atoms with Gasteiger partial charge in [0.15, 0.2) is 4.75 Å². The molecular formula is C19H12Cl4O5S. The zero-order valence-electron chi connectivity index (χ0n) is 14.3. The molecule has 0 bridgehead atoms. The first-order valence-corrected chi connectivity index (χ1v) is 10.8. The van der Waals surface area contributed by atoms with Gasteiger partial charge >= 0.3 is 0 Å². The predicted octanol–water partition coefficient (Wildman–Crippen LogP) is 5.89. The van der Waals surface area contributed by atoms with E-state index < -0.39 is 20.6 Å². The smallest absolute Gasteiger partial charge is 0.283 e. The highest BCUT2D eigenvalue weighted by Crippen LogP contribution is 2.52. The molecule has 3 aromatic carbocycles. The van der Waals surface area contributed by atoms with Crippen molar-refractivity contribution in [1.29, 1.82) is 0 Å². The number of phenols is 2. The largest absolute Gasteiger partial charge is 0.508 e. The Kier molecular flexibility index (Phi) is 5.98. The lowest BCUT2D eigenvalue weighted by Gasteiger charge is -2.34. The Balaban J connectivity index is 2.65. The average Bonchev–Trinajstić information content (AvgIpc) is 2.59. The van der Waals surface area contributed by atoms with Crippen LogP contribution >= 0.6 is 46.4 Å². The second-order valence-corrected chi connectivity index (χ2v) is 9.37. The number of hydrogen-bond donors (Lipinski definition) is 3. The molecule has 0 amide bonds. The Hall–Kier alpha value is -1.67. The molecule has 0 spiro atoms. The van der Waals surface area contributed by atoms with E-state index in [0.29, 0.717) is 0 Å². The zero-order chi connectivity index (χ0) is 21.6. The molecule has 0 aromatic heterocycles. The lowest BCUT2D eigenvalue weighted by molar-refractivity contribution is 0.439. The van der Waals surface area contributed by atoms with Gasteiger partial charge in [0.25, 0.3) is 10.1 Å². The molecule has 0 aliphatic rings. The van der Waals surface area contributed by atoms with Crippen LogP contribution in [0.2, 0.25) is 20.1 Å². The zero-order valence-corrected chi connectivity index (χ0v) is 18.1. The number of benzene rings is 3. The Morgan fingerprint density at radius 2 is 1.38 bits per heavy atom. The van der Waals surface area contributed by atoms with Gasteiger partial charge in [-0.3, -0.25) is 4.55 Å². The van der Waals surface area contributed by atoms with Crippen LogP contribution in [0.3, 0.4) is 0 Å². The Bertz CT molecular complexity index is 1190. The molecule has 0 fully saturated rings.